The summed E-state index contributed by atoms with van der Waals surface area (Å²) in [5, 5.41) is 15.3. The van der Waals surface area contributed by atoms with E-state index in [9.17, 15) is 4.79 Å². The summed E-state index contributed by atoms with van der Waals surface area (Å²) in [5.74, 6) is 0.0277. The fourth-order valence-electron chi connectivity index (χ4n) is 6.33. The van der Waals surface area contributed by atoms with Crippen molar-refractivity contribution in [1.29, 1.82) is 0 Å². The van der Waals surface area contributed by atoms with Crippen molar-refractivity contribution in [3.63, 3.8) is 0 Å². The van der Waals surface area contributed by atoms with Crippen LogP contribution < -0.4 is 4.90 Å². The Morgan fingerprint density at radius 2 is 1.64 bits per heavy atom. The van der Waals surface area contributed by atoms with E-state index >= 15 is 0 Å². The van der Waals surface area contributed by atoms with Crippen LogP contribution in [0.1, 0.15) is 35.7 Å². The number of likely N-dealkylation sites (N-methyl/N-ethyl adjacent to an activating group) is 1. The number of morpholine rings is 1. The lowest BCUT2D eigenvalue weighted by molar-refractivity contribution is 0.0303. The fraction of sp³-hybridized carbons (Fsp3) is 0.484. The minimum atomic E-state index is 0.0277. The third kappa shape index (κ3) is 5.16. The molecular formula is C31H38N8O3. The maximum atomic E-state index is 12.9. The topological polar surface area (TPSA) is 93.8 Å². The van der Waals surface area contributed by atoms with Crippen molar-refractivity contribution in [2.45, 2.75) is 31.3 Å². The highest BCUT2D eigenvalue weighted by Crippen LogP contribution is 2.35. The molecule has 7 rings (SSSR count). The average Bonchev–Trinajstić information content (AvgIpc) is 3.80. The van der Waals surface area contributed by atoms with E-state index in [2.05, 4.69) is 57.1 Å². The van der Waals surface area contributed by atoms with E-state index in [1.165, 1.54) is 5.69 Å². The average molecular weight is 571 g/mol. The standard InChI is InChI=1S/C31H38N8O3/c1-35(2)26-9-12-37(20-26)25-7-8-29-27(19-25)30(33-39(29)24-10-15-41-16-11-24)28-21-38(34-32-28)23-5-3-22(4-6-23)31(40)36-13-17-42-18-14-36/h3-8,19,21,24,26H,9-18,20H2,1-2H3. The number of aromatic nitrogens is 5. The van der Waals surface area contributed by atoms with E-state index in [1.54, 1.807) is 4.68 Å². The number of fused-ring (bicyclic) bond motifs is 1. The van der Waals surface area contributed by atoms with E-state index in [-0.39, 0.29) is 11.9 Å². The number of anilines is 1. The van der Waals surface area contributed by atoms with E-state index in [0.717, 1.165) is 73.5 Å². The minimum Gasteiger partial charge on any atom is -0.381 e. The van der Waals surface area contributed by atoms with Crippen LogP contribution in [0.5, 0.6) is 0 Å². The Labute approximate surface area is 245 Å². The Hall–Kier alpha value is -3.80. The molecule has 42 heavy (non-hydrogen) atoms. The molecule has 1 amide bonds. The molecular weight excluding hydrogens is 532 g/mol. The van der Waals surface area contributed by atoms with Crippen LogP contribution in [0.2, 0.25) is 0 Å². The molecule has 0 spiro atoms. The van der Waals surface area contributed by atoms with Crippen molar-refractivity contribution < 1.29 is 14.3 Å². The number of nitrogens with zero attached hydrogens (tertiary/aromatic N) is 8. The molecule has 11 heteroatoms. The molecule has 0 saturated carbocycles. The van der Waals surface area contributed by atoms with Gasteiger partial charge in [-0.2, -0.15) is 5.10 Å². The third-order valence-corrected chi connectivity index (χ3v) is 8.90. The lowest BCUT2D eigenvalue weighted by atomic mass is 10.1. The van der Waals surface area contributed by atoms with E-state index in [1.807, 2.05) is 35.4 Å². The van der Waals surface area contributed by atoms with Gasteiger partial charge in [0.1, 0.15) is 11.4 Å². The Morgan fingerprint density at radius 3 is 2.38 bits per heavy atom. The van der Waals surface area contributed by atoms with Gasteiger partial charge in [-0.05, 0) is 75.8 Å². The normalized spacial score (nSPS) is 20.2. The summed E-state index contributed by atoms with van der Waals surface area (Å²) < 4.78 is 15.0. The largest absolute Gasteiger partial charge is 0.381 e. The predicted molar refractivity (Wildman–Crippen MR) is 160 cm³/mol. The van der Waals surface area contributed by atoms with Crippen LogP contribution in [0.4, 0.5) is 5.69 Å². The molecule has 0 N–H and O–H groups in total. The van der Waals surface area contributed by atoms with Crippen molar-refractivity contribution in [1.82, 2.24) is 34.6 Å². The molecule has 1 unspecified atom stereocenters. The molecule has 3 saturated heterocycles. The lowest BCUT2D eigenvalue weighted by Crippen LogP contribution is -2.40. The van der Waals surface area contributed by atoms with Gasteiger partial charge in [0.15, 0.2) is 0 Å². The molecule has 0 aliphatic carbocycles. The van der Waals surface area contributed by atoms with Crippen LogP contribution >= 0.6 is 0 Å². The first kappa shape index (κ1) is 27.1. The second kappa shape index (κ2) is 11.5. The number of carbonyl (C=O) groups is 1. The zero-order valence-electron chi connectivity index (χ0n) is 24.4. The van der Waals surface area contributed by atoms with Gasteiger partial charge in [-0.1, -0.05) is 5.21 Å². The predicted octanol–water partition coefficient (Wildman–Crippen LogP) is 3.25. The second-order valence-corrected chi connectivity index (χ2v) is 11.7. The third-order valence-electron chi connectivity index (χ3n) is 8.90. The highest BCUT2D eigenvalue weighted by Gasteiger charge is 2.27. The maximum absolute atomic E-state index is 12.9. The zero-order chi connectivity index (χ0) is 28.6. The monoisotopic (exact) mass is 570 g/mol. The molecule has 11 nitrogen and oxygen atoms in total. The number of amides is 1. The Kier molecular flexibility index (Phi) is 7.39. The Balaban J connectivity index is 1.20. The van der Waals surface area contributed by atoms with Crippen molar-refractivity contribution in [2.75, 3.05) is 71.6 Å². The van der Waals surface area contributed by atoms with Crippen LogP contribution in [0, 0.1) is 0 Å². The summed E-state index contributed by atoms with van der Waals surface area (Å²) in [6.45, 7) is 5.97. The van der Waals surface area contributed by atoms with Crippen molar-refractivity contribution in [2.24, 2.45) is 0 Å². The first-order valence-electron chi connectivity index (χ1n) is 15.0. The van der Waals surface area contributed by atoms with Gasteiger partial charge in [0.25, 0.3) is 5.91 Å². The highest BCUT2D eigenvalue weighted by atomic mass is 16.5. The SMILES string of the molecule is CN(C)C1CCN(c2ccc3c(c2)c(-c2cn(-c4ccc(C(=O)N5CCOCC5)cc4)nn2)nn3C2CCOCC2)C1. The van der Waals surface area contributed by atoms with Gasteiger partial charge in [0.2, 0.25) is 0 Å². The van der Waals surface area contributed by atoms with Crippen molar-refractivity contribution in [3.05, 3.63) is 54.2 Å². The van der Waals surface area contributed by atoms with Gasteiger partial charge >= 0.3 is 0 Å². The van der Waals surface area contributed by atoms with Gasteiger partial charge in [-0.15, -0.1) is 5.10 Å². The van der Waals surface area contributed by atoms with Gasteiger partial charge < -0.3 is 24.2 Å². The summed E-state index contributed by atoms with van der Waals surface area (Å²) in [7, 11) is 4.32. The summed E-state index contributed by atoms with van der Waals surface area (Å²) in [4.78, 5) is 19.5. The smallest absolute Gasteiger partial charge is 0.254 e. The second-order valence-electron chi connectivity index (χ2n) is 11.7. The summed E-state index contributed by atoms with van der Waals surface area (Å²) in [5.41, 5.74) is 5.40. The van der Waals surface area contributed by atoms with Crippen LogP contribution in [0.3, 0.4) is 0 Å². The van der Waals surface area contributed by atoms with Crippen molar-refractivity contribution >= 4 is 22.5 Å². The van der Waals surface area contributed by atoms with Crippen LogP contribution in [-0.2, 0) is 9.47 Å². The highest BCUT2D eigenvalue weighted by molar-refractivity contribution is 5.95. The zero-order valence-corrected chi connectivity index (χ0v) is 24.4. The van der Waals surface area contributed by atoms with Gasteiger partial charge in [0.05, 0.1) is 36.7 Å². The summed E-state index contributed by atoms with van der Waals surface area (Å²) >= 11 is 0. The van der Waals surface area contributed by atoms with Crippen LogP contribution in [-0.4, -0.2) is 113 Å². The van der Waals surface area contributed by atoms with Crippen LogP contribution in [0.15, 0.2) is 48.7 Å². The minimum absolute atomic E-state index is 0.0277. The molecule has 2 aromatic heterocycles. The molecule has 1 atom stereocenters. The number of carbonyl (C=O) groups excluding carboxylic acids is 1. The molecule has 2 aromatic carbocycles. The van der Waals surface area contributed by atoms with E-state index in [4.69, 9.17) is 14.6 Å². The van der Waals surface area contributed by atoms with Gasteiger partial charge in [-0.25, -0.2) is 4.68 Å². The lowest BCUT2D eigenvalue weighted by Gasteiger charge is -2.26. The Morgan fingerprint density at radius 1 is 0.905 bits per heavy atom. The molecule has 5 heterocycles. The van der Waals surface area contributed by atoms with Crippen molar-refractivity contribution in [3.8, 4) is 17.1 Å². The maximum Gasteiger partial charge on any atom is 0.254 e. The molecule has 3 aliphatic rings. The van der Waals surface area contributed by atoms with E-state index < -0.39 is 0 Å². The summed E-state index contributed by atoms with van der Waals surface area (Å²) in [6.07, 6.45) is 4.97. The first-order valence-corrected chi connectivity index (χ1v) is 15.0. The molecule has 0 radical (unpaired) electrons. The summed E-state index contributed by atoms with van der Waals surface area (Å²) in [6, 6.07) is 15.1. The van der Waals surface area contributed by atoms with Gasteiger partial charge in [-0.3, -0.25) is 9.48 Å². The molecule has 3 aliphatic heterocycles. The first-order chi connectivity index (χ1) is 20.5. The number of hydrogen-bond acceptors (Lipinski definition) is 8. The van der Waals surface area contributed by atoms with Gasteiger partial charge in [0, 0.05) is 62.1 Å². The number of hydrogen-bond donors (Lipinski definition) is 0. The number of ether oxygens (including phenoxy) is 2. The number of rotatable bonds is 6. The molecule has 3 fully saturated rings. The molecule has 0 bridgehead atoms. The molecule has 220 valence electrons. The molecule has 4 aromatic rings. The number of benzene rings is 2. The van der Waals surface area contributed by atoms with Crippen LogP contribution in [0.25, 0.3) is 28.0 Å². The Bertz CT molecular complexity index is 1550. The fourth-order valence-corrected chi connectivity index (χ4v) is 6.33. The van der Waals surface area contributed by atoms with E-state index in [0.29, 0.717) is 37.9 Å². The quantitative estimate of drug-likeness (QED) is 0.349.